The molecule has 110 valence electrons. The molecule has 1 saturated heterocycles. The third kappa shape index (κ3) is 3.06. The van der Waals surface area contributed by atoms with Crippen molar-refractivity contribution in [3.05, 3.63) is 28.8 Å². The summed E-state index contributed by atoms with van der Waals surface area (Å²) in [6.07, 6.45) is -0.224. The van der Waals surface area contributed by atoms with Crippen LogP contribution in [0, 0.1) is 13.8 Å². The first kappa shape index (κ1) is 14.7. The number of amides is 1. The second-order valence-electron chi connectivity index (χ2n) is 6.65. The Morgan fingerprint density at radius 1 is 1.25 bits per heavy atom. The lowest BCUT2D eigenvalue weighted by Gasteiger charge is -2.40. The van der Waals surface area contributed by atoms with Gasteiger partial charge in [0.2, 0.25) is 0 Å². The Kier molecular flexibility index (Phi) is 3.67. The Hall–Kier alpha value is -1.71. The van der Waals surface area contributed by atoms with Gasteiger partial charge in [-0.15, -0.1) is 0 Å². The third-order valence-electron chi connectivity index (χ3n) is 3.63. The molecule has 1 heterocycles. The highest BCUT2D eigenvalue weighted by Gasteiger charge is 2.35. The number of nitrogens with two attached hydrogens (primary N) is 1. The zero-order chi connectivity index (χ0) is 15.1. The topological polar surface area (TPSA) is 55.6 Å². The van der Waals surface area contributed by atoms with E-state index >= 15 is 0 Å². The number of hydrogen-bond donors (Lipinski definition) is 1. The maximum absolute atomic E-state index is 11.9. The maximum Gasteiger partial charge on any atom is 0.410 e. The number of rotatable bonds is 1. The van der Waals surface area contributed by atoms with Crippen molar-refractivity contribution in [2.45, 2.75) is 46.1 Å². The quantitative estimate of drug-likeness (QED) is 0.801. The molecule has 20 heavy (non-hydrogen) atoms. The third-order valence-corrected chi connectivity index (χ3v) is 3.63. The summed E-state index contributed by atoms with van der Waals surface area (Å²) in [5, 5.41) is 0. The van der Waals surface area contributed by atoms with Crippen LogP contribution in [0.2, 0.25) is 0 Å². The molecule has 1 aliphatic rings. The number of carbonyl (C=O) groups excluding carboxylic acids is 1. The molecule has 0 bridgehead atoms. The summed E-state index contributed by atoms with van der Waals surface area (Å²) in [4.78, 5) is 13.7. The van der Waals surface area contributed by atoms with Crippen molar-refractivity contribution >= 4 is 11.8 Å². The van der Waals surface area contributed by atoms with Crippen LogP contribution in [0.5, 0.6) is 0 Å². The van der Waals surface area contributed by atoms with Crippen molar-refractivity contribution in [3.63, 3.8) is 0 Å². The van der Waals surface area contributed by atoms with Gasteiger partial charge in [-0.3, -0.25) is 0 Å². The van der Waals surface area contributed by atoms with Gasteiger partial charge in [0.05, 0.1) is 0 Å². The molecule has 0 radical (unpaired) electrons. The van der Waals surface area contributed by atoms with Crippen molar-refractivity contribution in [1.82, 2.24) is 4.90 Å². The maximum atomic E-state index is 11.9. The van der Waals surface area contributed by atoms with Crippen LogP contribution >= 0.6 is 0 Å². The van der Waals surface area contributed by atoms with Crippen molar-refractivity contribution in [2.75, 3.05) is 18.8 Å². The fourth-order valence-corrected chi connectivity index (χ4v) is 2.45. The van der Waals surface area contributed by atoms with Gasteiger partial charge in [0.1, 0.15) is 5.60 Å². The number of likely N-dealkylation sites (tertiary alicyclic amines) is 1. The molecular formula is C16H24N2O2. The summed E-state index contributed by atoms with van der Waals surface area (Å²) in [6.45, 7) is 11.2. The average Bonchev–Trinajstić information content (AvgIpc) is 2.20. The molecule has 0 spiro atoms. The van der Waals surface area contributed by atoms with Crippen LogP contribution in [0.1, 0.15) is 43.4 Å². The van der Waals surface area contributed by atoms with Gasteiger partial charge in [0.25, 0.3) is 0 Å². The second kappa shape index (κ2) is 5.00. The number of ether oxygens (including phenoxy) is 1. The van der Waals surface area contributed by atoms with Crippen molar-refractivity contribution in [1.29, 1.82) is 0 Å². The minimum atomic E-state index is -0.435. The minimum absolute atomic E-state index is 0.224. The van der Waals surface area contributed by atoms with E-state index in [4.69, 9.17) is 10.5 Å². The summed E-state index contributed by atoms with van der Waals surface area (Å²) in [7, 11) is 0. The first-order chi connectivity index (χ1) is 9.17. The van der Waals surface area contributed by atoms with Crippen LogP contribution in [0.3, 0.4) is 0 Å². The average molecular weight is 276 g/mol. The van der Waals surface area contributed by atoms with E-state index in [1.165, 1.54) is 11.1 Å². The number of nitrogens with zero attached hydrogens (tertiary/aromatic N) is 1. The SMILES string of the molecule is Cc1cc(C2CN(C(=O)OC(C)(C)C)C2)c(C)cc1N. The molecule has 0 atom stereocenters. The number of carbonyl (C=O) groups is 1. The van der Waals surface area contributed by atoms with E-state index in [9.17, 15) is 4.79 Å². The van der Waals surface area contributed by atoms with Crippen LogP contribution in [0.25, 0.3) is 0 Å². The molecule has 0 aliphatic carbocycles. The van der Waals surface area contributed by atoms with Gasteiger partial charge in [-0.1, -0.05) is 6.07 Å². The van der Waals surface area contributed by atoms with E-state index in [1.807, 2.05) is 33.8 Å². The first-order valence-electron chi connectivity index (χ1n) is 7.02. The van der Waals surface area contributed by atoms with E-state index in [-0.39, 0.29) is 6.09 Å². The lowest BCUT2D eigenvalue weighted by Crippen LogP contribution is -2.50. The summed E-state index contributed by atoms with van der Waals surface area (Å²) >= 11 is 0. The van der Waals surface area contributed by atoms with E-state index < -0.39 is 5.60 Å². The Morgan fingerprint density at radius 3 is 2.40 bits per heavy atom. The molecule has 4 nitrogen and oxygen atoms in total. The molecule has 4 heteroatoms. The Bertz CT molecular complexity index is 526. The van der Waals surface area contributed by atoms with Crippen molar-refractivity contribution < 1.29 is 9.53 Å². The second-order valence-corrected chi connectivity index (χ2v) is 6.65. The molecule has 1 aromatic rings. The number of anilines is 1. The Balaban J connectivity index is 2.00. The fraction of sp³-hybridized carbons (Fsp3) is 0.562. The number of benzene rings is 1. The predicted octanol–water partition coefficient (Wildman–Crippen LogP) is 3.22. The van der Waals surface area contributed by atoms with E-state index in [0.29, 0.717) is 5.92 Å². The largest absolute Gasteiger partial charge is 0.444 e. The molecule has 2 N–H and O–H groups in total. The van der Waals surface area contributed by atoms with Crippen molar-refractivity contribution in [3.8, 4) is 0 Å². The Morgan fingerprint density at radius 2 is 1.85 bits per heavy atom. The molecule has 0 aromatic heterocycles. The van der Waals surface area contributed by atoms with Crippen LogP contribution in [-0.2, 0) is 4.74 Å². The Labute approximate surface area is 120 Å². The predicted molar refractivity (Wildman–Crippen MR) is 80.9 cm³/mol. The highest BCUT2D eigenvalue weighted by Crippen LogP contribution is 2.32. The number of nitrogen functional groups attached to an aromatic ring is 1. The summed E-state index contributed by atoms with van der Waals surface area (Å²) in [6, 6.07) is 4.16. The monoisotopic (exact) mass is 276 g/mol. The van der Waals surface area contributed by atoms with Gasteiger partial charge >= 0.3 is 6.09 Å². The fourth-order valence-electron chi connectivity index (χ4n) is 2.45. The van der Waals surface area contributed by atoms with E-state index in [2.05, 4.69) is 13.0 Å². The molecule has 0 unspecified atom stereocenters. The van der Waals surface area contributed by atoms with Crippen LogP contribution in [-0.4, -0.2) is 29.7 Å². The number of aryl methyl sites for hydroxylation is 2. The molecule has 0 saturated carbocycles. The lowest BCUT2D eigenvalue weighted by atomic mass is 9.87. The van der Waals surface area contributed by atoms with Gasteiger partial charge in [0.15, 0.2) is 0 Å². The van der Waals surface area contributed by atoms with Crippen LogP contribution in [0.15, 0.2) is 12.1 Å². The molecule has 1 aromatic carbocycles. The van der Waals surface area contributed by atoms with Crippen molar-refractivity contribution in [2.24, 2.45) is 0 Å². The highest BCUT2D eigenvalue weighted by atomic mass is 16.6. The van der Waals surface area contributed by atoms with E-state index in [1.54, 1.807) is 4.90 Å². The van der Waals surface area contributed by atoms with Gasteiger partial charge in [-0.25, -0.2) is 4.79 Å². The van der Waals surface area contributed by atoms with Gasteiger partial charge in [-0.05, 0) is 57.4 Å². The zero-order valence-electron chi connectivity index (χ0n) is 13.0. The van der Waals surface area contributed by atoms with E-state index in [0.717, 1.165) is 24.3 Å². The molecule has 1 aliphatic heterocycles. The lowest BCUT2D eigenvalue weighted by molar-refractivity contribution is 0.00814. The highest BCUT2D eigenvalue weighted by molar-refractivity contribution is 5.70. The molecule has 1 fully saturated rings. The van der Waals surface area contributed by atoms with Gasteiger partial charge in [0, 0.05) is 24.7 Å². The first-order valence-corrected chi connectivity index (χ1v) is 7.02. The van der Waals surface area contributed by atoms with Crippen LogP contribution in [0.4, 0.5) is 10.5 Å². The standard InChI is InChI=1S/C16H24N2O2/c1-10-7-14(17)11(2)6-13(10)12-8-18(9-12)15(19)20-16(3,4)5/h6-7,12H,8-9,17H2,1-5H3. The minimum Gasteiger partial charge on any atom is -0.444 e. The molecule has 2 rings (SSSR count). The summed E-state index contributed by atoms with van der Waals surface area (Å²) in [5.74, 6) is 0.391. The molecular weight excluding hydrogens is 252 g/mol. The van der Waals surface area contributed by atoms with Crippen LogP contribution < -0.4 is 5.73 Å². The normalized spacial score (nSPS) is 15.9. The number of hydrogen-bond acceptors (Lipinski definition) is 3. The van der Waals surface area contributed by atoms with Gasteiger partial charge < -0.3 is 15.4 Å². The van der Waals surface area contributed by atoms with Gasteiger partial charge in [-0.2, -0.15) is 0 Å². The molecule has 1 amide bonds. The summed E-state index contributed by atoms with van der Waals surface area (Å²) < 4.78 is 5.37. The summed E-state index contributed by atoms with van der Waals surface area (Å²) in [5.41, 5.74) is 9.89. The zero-order valence-corrected chi connectivity index (χ0v) is 13.0. The smallest absolute Gasteiger partial charge is 0.410 e.